The van der Waals surface area contributed by atoms with Crippen molar-refractivity contribution in [3.63, 3.8) is 0 Å². The van der Waals surface area contributed by atoms with E-state index in [9.17, 15) is 0 Å². The average Bonchev–Trinajstić information content (AvgIpc) is 2.55. The summed E-state index contributed by atoms with van der Waals surface area (Å²) in [5, 5.41) is 0. The van der Waals surface area contributed by atoms with Gasteiger partial charge in [0.05, 0.1) is 0 Å². The zero-order valence-electron chi connectivity index (χ0n) is 13.1. The molecule has 2 aromatic rings. The highest BCUT2D eigenvalue weighted by molar-refractivity contribution is 7.99. The third-order valence-electron chi connectivity index (χ3n) is 3.98. The minimum Gasteiger partial charge on any atom is -0.490 e. The van der Waals surface area contributed by atoms with E-state index in [2.05, 4.69) is 66.4 Å². The number of thioether (sulfide) groups is 1. The standard InChI is InChI=1S/C19H23NOS/c1-16-6-5-7-18(14-16)21-17-10-12-20(13-11-17)15-22-19-8-3-2-4-9-19/h2-9,14,17H,10-13,15H2,1H3. The molecule has 1 fully saturated rings. The number of likely N-dealkylation sites (tertiary alicyclic amines) is 1. The van der Waals surface area contributed by atoms with Gasteiger partial charge < -0.3 is 4.74 Å². The fraction of sp³-hybridized carbons (Fsp3) is 0.368. The maximum atomic E-state index is 6.11. The maximum Gasteiger partial charge on any atom is 0.119 e. The van der Waals surface area contributed by atoms with Crippen LogP contribution in [0.4, 0.5) is 0 Å². The van der Waals surface area contributed by atoms with Crippen molar-refractivity contribution in [2.24, 2.45) is 0 Å². The molecule has 22 heavy (non-hydrogen) atoms. The molecule has 3 heteroatoms. The number of hydrogen-bond donors (Lipinski definition) is 0. The maximum absolute atomic E-state index is 6.11. The van der Waals surface area contributed by atoms with Gasteiger partial charge in [0.2, 0.25) is 0 Å². The predicted octanol–water partition coefficient (Wildman–Crippen LogP) is 4.59. The van der Waals surface area contributed by atoms with Crippen LogP contribution in [0.25, 0.3) is 0 Å². The predicted molar refractivity (Wildman–Crippen MR) is 93.6 cm³/mol. The number of ether oxygens (including phenoxy) is 1. The van der Waals surface area contributed by atoms with Gasteiger partial charge in [0.15, 0.2) is 0 Å². The molecule has 2 aromatic carbocycles. The van der Waals surface area contributed by atoms with Gasteiger partial charge in [-0.1, -0.05) is 30.3 Å². The number of benzene rings is 2. The molecular weight excluding hydrogens is 290 g/mol. The van der Waals surface area contributed by atoms with Gasteiger partial charge in [-0.15, -0.1) is 11.8 Å². The van der Waals surface area contributed by atoms with Crippen LogP contribution in [0.3, 0.4) is 0 Å². The van der Waals surface area contributed by atoms with Crippen LogP contribution in [-0.4, -0.2) is 30.0 Å². The van der Waals surface area contributed by atoms with E-state index in [-0.39, 0.29) is 0 Å². The van der Waals surface area contributed by atoms with Crippen LogP contribution in [0.15, 0.2) is 59.5 Å². The molecule has 0 bridgehead atoms. The normalized spacial score (nSPS) is 16.6. The van der Waals surface area contributed by atoms with Gasteiger partial charge in [-0.05, 0) is 49.6 Å². The van der Waals surface area contributed by atoms with E-state index in [1.54, 1.807) is 0 Å². The van der Waals surface area contributed by atoms with Crippen molar-refractivity contribution in [2.75, 3.05) is 19.0 Å². The van der Waals surface area contributed by atoms with Crippen LogP contribution in [0, 0.1) is 6.92 Å². The van der Waals surface area contributed by atoms with Gasteiger partial charge in [-0.3, -0.25) is 4.90 Å². The van der Waals surface area contributed by atoms with Gasteiger partial charge in [-0.2, -0.15) is 0 Å². The molecule has 0 aliphatic carbocycles. The molecule has 1 heterocycles. The topological polar surface area (TPSA) is 12.5 Å². The second-order valence-corrected chi connectivity index (χ2v) is 6.86. The Bertz CT molecular complexity index is 579. The quantitative estimate of drug-likeness (QED) is 0.749. The Kier molecular flexibility index (Phi) is 5.41. The van der Waals surface area contributed by atoms with Gasteiger partial charge in [0, 0.05) is 23.9 Å². The van der Waals surface area contributed by atoms with Crippen molar-refractivity contribution in [1.29, 1.82) is 0 Å². The van der Waals surface area contributed by atoms with Gasteiger partial charge >= 0.3 is 0 Å². The molecule has 3 rings (SSSR count). The van der Waals surface area contributed by atoms with Crippen LogP contribution in [0.1, 0.15) is 18.4 Å². The summed E-state index contributed by atoms with van der Waals surface area (Å²) >= 11 is 1.92. The molecule has 1 aliphatic heterocycles. The summed E-state index contributed by atoms with van der Waals surface area (Å²) in [5.41, 5.74) is 1.26. The van der Waals surface area contributed by atoms with Gasteiger partial charge in [0.25, 0.3) is 0 Å². The number of piperidine rings is 1. The van der Waals surface area contributed by atoms with Crippen molar-refractivity contribution in [3.05, 3.63) is 60.2 Å². The van der Waals surface area contributed by atoms with Crippen LogP contribution in [0.5, 0.6) is 5.75 Å². The van der Waals surface area contributed by atoms with E-state index < -0.39 is 0 Å². The molecule has 0 saturated carbocycles. The largest absolute Gasteiger partial charge is 0.490 e. The van der Waals surface area contributed by atoms with E-state index in [1.807, 2.05) is 11.8 Å². The average molecular weight is 313 g/mol. The van der Waals surface area contributed by atoms with Crippen molar-refractivity contribution in [3.8, 4) is 5.75 Å². The molecule has 1 aliphatic rings. The first-order chi connectivity index (χ1) is 10.8. The lowest BCUT2D eigenvalue weighted by Crippen LogP contribution is -2.37. The highest BCUT2D eigenvalue weighted by Gasteiger charge is 2.20. The first-order valence-electron chi connectivity index (χ1n) is 7.93. The smallest absolute Gasteiger partial charge is 0.119 e. The molecular formula is C19H23NOS. The molecule has 0 amide bonds. The van der Waals surface area contributed by atoms with Crippen molar-refractivity contribution in [1.82, 2.24) is 4.90 Å². The Morgan fingerprint density at radius 1 is 1.05 bits per heavy atom. The lowest BCUT2D eigenvalue weighted by Gasteiger charge is -2.31. The summed E-state index contributed by atoms with van der Waals surface area (Å²) in [5.74, 6) is 2.08. The number of rotatable bonds is 5. The molecule has 2 nitrogen and oxygen atoms in total. The van der Waals surface area contributed by atoms with Crippen LogP contribution < -0.4 is 4.74 Å². The fourth-order valence-corrected chi connectivity index (χ4v) is 3.66. The van der Waals surface area contributed by atoms with E-state index in [4.69, 9.17) is 4.74 Å². The monoisotopic (exact) mass is 313 g/mol. The summed E-state index contributed by atoms with van der Waals surface area (Å²) in [6.45, 7) is 4.35. The Labute approximate surface area is 137 Å². The number of nitrogens with zero attached hydrogens (tertiary/aromatic N) is 1. The molecule has 116 valence electrons. The van der Waals surface area contributed by atoms with Crippen LogP contribution in [0.2, 0.25) is 0 Å². The van der Waals surface area contributed by atoms with Crippen LogP contribution in [-0.2, 0) is 0 Å². The van der Waals surface area contributed by atoms with Crippen LogP contribution >= 0.6 is 11.8 Å². The summed E-state index contributed by atoms with van der Waals surface area (Å²) in [4.78, 5) is 3.87. The molecule has 0 radical (unpaired) electrons. The molecule has 0 N–H and O–H groups in total. The third-order valence-corrected chi connectivity index (χ3v) is 5.08. The summed E-state index contributed by atoms with van der Waals surface area (Å²) in [7, 11) is 0. The SMILES string of the molecule is Cc1cccc(OC2CCN(CSc3ccccc3)CC2)c1. The Hall–Kier alpha value is -1.45. The Balaban J connectivity index is 1.42. The molecule has 0 aromatic heterocycles. The summed E-state index contributed by atoms with van der Waals surface area (Å²) in [6.07, 6.45) is 2.59. The summed E-state index contributed by atoms with van der Waals surface area (Å²) < 4.78 is 6.11. The highest BCUT2D eigenvalue weighted by Crippen LogP contribution is 2.23. The lowest BCUT2D eigenvalue weighted by molar-refractivity contribution is 0.111. The minimum atomic E-state index is 0.361. The van der Waals surface area contributed by atoms with Gasteiger partial charge in [-0.25, -0.2) is 0 Å². The lowest BCUT2D eigenvalue weighted by atomic mass is 10.1. The van der Waals surface area contributed by atoms with E-state index >= 15 is 0 Å². The third kappa shape index (κ3) is 4.52. The van der Waals surface area contributed by atoms with E-state index in [1.165, 1.54) is 10.5 Å². The zero-order chi connectivity index (χ0) is 15.2. The highest BCUT2D eigenvalue weighted by atomic mass is 32.2. The minimum absolute atomic E-state index is 0.361. The summed E-state index contributed by atoms with van der Waals surface area (Å²) in [6, 6.07) is 19.0. The Morgan fingerprint density at radius 2 is 1.82 bits per heavy atom. The second kappa shape index (κ2) is 7.70. The Morgan fingerprint density at radius 3 is 2.55 bits per heavy atom. The molecule has 1 saturated heterocycles. The van der Waals surface area contributed by atoms with Crippen molar-refractivity contribution in [2.45, 2.75) is 30.8 Å². The molecule has 0 atom stereocenters. The second-order valence-electron chi connectivity index (χ2n) is 5.84. The first kappa shape index (κ1) is 15.4. The number of aryl methyl sites for hydroxylation is 1. The van der Waals surface area contributed by atoms with Crippen molar-refractivity contribution >= 4 is 11.8 Å². The number of hydrogen-bond acceptors (Lipinski definition) is 3. The molecule has 0 unspecified atom stereocenters. The fourth-order valence-electron chi connectivity index (χ4n) is 2.72. The van der Waals surface area contributed by atoms with Gasteiger partial charge in [0.1, 0.15) is 11.9 Å². The first-order valence-corrected chi connectivity index (χ1v) is 8.92. The van der Waals surface area contributed by atoms with E-state index in [0.717, 1.165) is 37.6 Å². The zero-order valence-corrected chi connectivity index (χ0v) is 13.9. The van der Waals surface area contributed by atoms with E-state index in [0.29, 0.717) is 6.10 Å². The van der Waals surface area contributed by atoms with Crippen molar-refractivity contribution < 1.29 is 4.74 Å². The molecule has 0 spiro atoms.